The molecule has 1 unspecified atom stereocenters. The third kappa shape index (κ3) is 2.72. The lowest BCUT2D eigenvalue weighted by molar-refractivity contribution is 0.0695. The summed E-state index contributed by atoms with van der Waals surface area (Å²) in [6, 6.07) is 3.37. The van der Waals surface area contributed by atoms with Crippen LogP contribution in [0, 0.1) is 0 Å². The average Bonchev–Trinajstić information content (AvgIpc) is 2.73. The van der Waals surface area contributed by atoms with Crippen molar-refractivity contribution in [1.29, 1.82) is 0 Å². The van der Waals surface area contributed by atoms with Gasteiger partial charge in [-0.25, -0.2) is 4.79 Å². The first-order valence-electron chi connectivity index (χ1n) is 6.23. The van der Waals surface area contributed by atoms with Crippen LogP contribution >= 0.6 is 11.3 Å². The summed E-state index contributed by atoms with van der Waals surface area (Å²) in [5.41, 5.74) is 0. The van der Waals surface area contributed by atoms with Gasteiger partial charge < -0.3 is 10.0 Å². The van der Waals surface area contributed by atoms with Gasteiger partial charge in [-0.3, -0.25) is 4.79 Å². The second-order valence-corrected chi connectivity index (χ2v) is 5.75. The molecule has 0 bridgehead atoms. The number of carbonyl (C=O) groups is 2. The van der Waals surface area contributed by atoms with Crippen LogP contribution in [0.15, 0.2) is 12.1 Å². The number of hydrogen-bond donors (Lipinski definition) is 1. The van der Waals surface area contributed by atoms with Gasteiger partial charge in [0.1, 0.15) is 4.88 Å². The molecule has 2 heterocycles. The number of thiophene rings is 1. The largest absolute Gasteiger partial charge is 0.477 e. The second-order valence-electron chi connectivity index (χ2n) is 4.67. The molecule has 2 rings (SSSR count). The molecule has 4 nitrogen and oxygen atoms in total. The summed E-state index contributed by atoms with van der Waals surface area (Å²) in [5, 5.41) is 8.87. The van der Waals surface area contributed by atoms with E-state index in [0.29, 0.717) is 4.88 Å². The molecular formula is C13H17NO3S. The summed E-state index contributed by atoms with van der Waals surface area (Å²) in [5.74, 6) is -0.995. The smallest absolute Gasteiger partial charge is 0.345 e. The maximum absolute atomic E-state index is 12.3. The Balaban J connectivity index is 2.15. The molecule has 1 amide bonds. The van der Waals surface area contributed by atoms with Crippen LogP contribution in [0.1, 0.15) is 52.0 Å². The lowest BCUT2D eigenvalue weighted by atomic mass is 10.1. The molecule has 1 saturated heterocycles. The zero-order valence-corrected chi connectivity index (χ0v) is 11.2. The van der Waals surface area contributed by atoms with Crippen molar-refractivity contribution in [3.63, 3.8) is 0 Å². The highest BCUT2D eigenvalue weighted by Crippen LogP contribution is 2.23. The summed E-state index contributed by atoms with van der Waals surface area (Å²) in [4.78, 5) is 25.8. The van der Waals surface area contributed by atoms with Gasteiger partial charge in [-0.05, 0) is 31.9 Å². The van der Waals surface area contributed by atoms with Crippen LogP contribution in [-0.4, -0.2) is 34.5 Å². The van der Waals surface area contributed by atoms with E-state index in [-0.39, 0.29) is 16.8 Å². The van der Waals surface area contributed by atoms with Gasteiger partial charge in [0.2, 0.25) is 0 Å². The zero-order valence-electron chi connectivity index (χ0n) is 10.4. The SMILES string of the molecule is CC1CCCCCN1C(=O)c1ccc(C(=O)O)s1. The highest BCUT2D eigenvalue weighted by atomic mass is 32.1. The molecule has 0 spiro atoms. The van der Waals surface area contributed by atoms with E-state index in [1.807, 2.05) is 4.90 Å². The molecule has 0 saturated carbocycles. The number of carbonyl (C=O) groups excluding carboxylic acids is 1. The van der Waals surface area contributed by atoms with Crippen molar-refractivity contribution in [3.05, 3.63) is 21.9 Å². The first-order chi connectivity index (χ1) is 8.59. The van der Waals surface area contributed by atoms with E-state index in [0.717, 1.165) is 37.1 Å². The summed E-state index contributed by atoms with van der Waals surface area (Å²) in [6.45, 7) is 2.84. The second kappa shape index (κ2) is 5.52. The molecule has 5 heteroatoms. The molecular weight excluding hydrogens is 250 g/mol. The van der Waals surface area contributed by atoms with Gasteiger partial charge in [0.05, 0.1) is 4.88 Å². The molecule has 0 aliphatic carbocycles. The number of carboxylic acid groups (broad SMARTS) is 1. The van der Waals surface area contributed by atoms with Crippen LogP contribution < -0.4 is 0 Å². The predicted molar refractivity (Wildman–Crippen MR) is 70.2 cm³/mol. The Bertz CT molecular complexity index is 455. The maximum atomic E-state index is 12.3. The molecule has 1 N–H and O–H groups in total. The number of carboxylic acids is 1. The van der Waals surface area contributed by atoms with Crippen molar-refractivity contribution in [1.82, 2.24) is 4.90 Å². The Morgan fingerprint density at radius 1 is 1.28 bits per heavy atom. The Kier molecular flexibility index (Phi) is 4.01. The van der Waals surface area contributed by atoms with Crippen molar-refractivity contribution in [2.75, 3.05) is 6.54 Å². The van der Waals surface area contributed by atoms with Gasteiger partial charge in [-0.2, -0.15) is 0 Å². The van der Waals surface area contributed by atoms with Crippen LogP contribution in [0.25, 0.3) is 0 Å². The van der Waals surface area contributed by atoms with E-state index < -0.39 is 5.97 Å². The third-order valence-electron chi connectivity index (χ3n) is 3.34. The van der Waals surface area contributed by atoms with E-state index >= 15 is 0 Å². The standard InChI is InChI=1S/C13H17NO3S/c1-9-5-3-2-4-8-14(9)12(15)10-6-7-11(18-10)13(16)17/h6-7,9H,2-5,8H2,1H3,(H,16,17). The first kappa shape index (κ1) is 13.1. The van der Waals surface area contributed by atoms with Crippen molar-refractivity contribution >= 4 is 23.2 Å². The van der Waals surface area contributed by atoms with Crippen molar-refractivity contribution < 1.29 is 14.7 Å². The minimum Gasteiger partial charge on any atom is -0.477 e. The first-order valence-corrected chi connectivity index (χ1v) is 7.05. The Morgan fingerprint density at radius 3 is 2.67 bits per heavy atom. The number of nitrogens with zero attached hydrogens (tertiary/aromatic N) is 1. The van der Waals surface area contributed by atoms with Crippen LogP contribution in [0.3, 0.4) is 0 Å². The van der Waals surface area contributed by atoms with Gasteiger partial charge in [0.25, 0.3) is 5.91 Å². The van der Waals surface area contributed by atoms with Crippen molar-refractivity contribution in [2.45, 2.75) is 38.6 Å². The Hall–Kier alpha value is -1.36. The Labute approximate surface area is 110 Å². The van der Waals surface area contributed by atoms with Gasteiger partial charge in [-0.15, -0.1) is 11.3 Å². The summed E-state index contributed by atoms with van der Waals surface area (Å²) in [6.07, 6.45) is 4.39. The van der Waals surface area contributed by atoms with Gasteiger partial charge in [0, 0.05) is 12.6 Å². The quantitative estimate of drug-likeness (QED) is 0.896. The molecule has 98 valence electrons. The monoisotopic (exact) mass is 267 g/mol. The molecule has 1 fully saturated rings. The van der Waals surface area contributed by atoms with E-state index in [4.69, 9.17) is 5.11 Å². The number of rotatable bonds is 2. The van der Waals surface area contributed by atoms with Crippen LogP contribution in [-0.2, 0) is 0 Å². The number of aromatic carboxylic acids is 1. The van der Waals surface area contributed by atoms with Gasteiger partial charge in [-0.1, -0.05) is 12.8 Å². The fourth-order valence-corrected chi connectivity index (χ4v) is 3.09. The van der Waals surface area contributed by atoms with Crippen molar-refractivity contribution in [3.8, 4) is 0 Å². The summed E-state index contributed by atoms with van der Waals surface area (Å²) >= 11 is 1.06. The molecule has 18 heavy (non-hydrogen) atoms. The predicted octanol–water partition coefficient (Wildman–Crippen LogP) is 2.85. The highest BCUT2D eigenvalue weighted by molar-refractivity contribution is 7.15. The Morgan fingerprint density at radius 2 is 2.00 bits per heavy atom. The molecule has 1 aromatic heterocycles. The molecule has 1 aromatic rings. The average molecular weight is 267 g/mol. The molecule has 1 atom stereocenters. The number of hydrogen-bond acceptors (Lipinski definition) is 3. The van der Waals surface area contributed by atoms with Crippen LogP contribution in [0.4, 0.5) is 0 Å². The minimum atomic E-state index is -0.969. The molecule has 0 radical (unpaired) electrons. The molecule has 0 aromatic carbocycles. The summed E-state index contributed by atoms with van der Waals surface area (Å²) in [7, 11) is 0. The van der Waals surface area contributed by atoms with E-state index in [1.54, 1.807) is 6.07 Å². The van der Waals surface area contributed by atoms with Gasteiger partial charge >= 0.3 is 5.97 Å². The molecule has 1 aliphatic rings. The fourth-order valence-electron chi connectivity index (χ4n) is 2.29. The maximum Gasteiger partial charge on any atom is 0.345 e. The minimum absolute atomic E-state index is 0.0260. The third-order valence-corrected chi connectivity index (χ3v) is 4.40. The van der Waals surface area contributed by atoms with E-state index in [1.165, 1.54) is 12.5 Å². The van der Waals surface area contributed by atoms with E-state index in [9.17, 15) is 9.59 Å². The van der Waals surface area contributed by atoms with Crippen molar-refractivity contribution in [2.24, 2.45) is 0 Å². The van der Waals surface area contributed by atoms with E-state index in [2.05, 4.69) is 6.92 Å². The zero-order chi connectivity index (χ0) is 13.1. The van der Waals surface area contributed by atoms with Crippen LogP contribution in [0.2, 0.25) is 0 Å². The fraction of sp³-hybridized carbons (Fsp3) is 0.538. The highest BCUT2D eigenvalue weighted by Gasteiger charge is 2.24. The molecule has 1 aliphatic heterocycles. The summed E-state index contributed by atoms with van der Waals surface area (Å²) < 4.78 is 0. The lowest BCUT2D eigenvalue weighted by Crippen LogP contribution is -2.37. The van der Waals surface area contributed by atoms with Crippen LogP contribution in [0.5, 0.6) is 0 Å². The number of amides is 1. The lowest BCUT2D eigenvalue weighted by Gasteiger charge is -2.26. The topological polar surface area (TPSA) is 57.6 Å². The van der Waals surface area contributed by atoms with Gasteiger partial charge in [0.15, 0.2) is 0 Å². The number of likely N-dealkylation sites (tertiary alicyclic amines) is 1. The normalized spacial score (nSPS) is 20.5.